The predicted octanol–water partition coefficient (Wildman–Crippen LogP) is 5.85. The minimum atomic E-state index is -1.46. The Hall–Kier alpha value is 1.32. The number of halogens is 1. The van der Waals surface area contributed by atoms with Gasteiger partial charge in [0.25, 0.3) is 0 Å². The Labute approximate surface area is 120 Å². The molecule has 1 atom stereocenters. The molecule has 0 saturated carbocycles. The van der Waals surface area contributed by atoms with Crippen molar-refractivity contribution >= 4 is 46.1 Å². The third-order valence-corrected chi connectivity index (χ3v) is 23.3. The van der Waals surface area contributed by atoms with Crippen molar-refractivity contribution in [2.45, 2.75) is 58.9 Å². The van der Waals surface area contributed by atoms with E-state index in [0.29, 0.717) is 0 Å². The van der Waals surface area contributed by atoms with Gasteiger partial charge in [-0.05, 0) is 22.2 Å². The average Bonchev–Trinajstić information content (AvgIpc) is 1.66. The fourth-order valence-corrected chi connectivity index (χ4v) is 37.9. The number of nitrogens with zero attached hydrogens (tertiary/aromatic N) is 2. The first-order valence-corrected chi connectivity index (χ1v) is 20.7. The highest BCUT2D eigenvalue weighted by Gasteiger charge is 2.41. The smallest absolute Gasteiger partial charge is 0.173 e. The highest BCUT2D eigenvalue weighted by molar-refractivity contribution is 9.40. The summed E-state index contributed by atoms with van der Waals surface area (Å²) in [6.07, 6.45) is 0. The van der Waals surface area contributed by atoms with Crippen LogP contribution in [-0.2, 0) is 0 Å². The lowest BCUT2D eigenvalue weighted by Crippen LogP contribution is -2.56. The van der Waals surface area contributed by atoms with Gasteiger partial charge in [-0.25, -0.2) is 0 Å². The molecule has 0 amide bonds. The molecule has 0 aliphatic rings. The predicted molar refractivity (Wildman–Crippen MR) is 96.1 cm³/mol. The van der Waals surface area contributed by atoms with Crippen LogP contribution in [0.1, 0.15) is 0 Å². The van der Waals surface area contributed by atoms with Gasteiger partial charge in [0, 0.05) is 0 Å². The van der Waals surface area contributed by atoms with Crippen LogP contribution in [0.3, 0.4) is 0 Å². The van der Waals surface area contributed by atoms with E-state index in [1.807, 2.05) is 0 Å². The standard InChI is InChI=1S/C10H30BrN2PSi3/c1-14(11,12-15(2,3)4)13(16(5,6)7)17(8,9)10/h1-10H3. The van der Waals surface area contributed by atoms with Crippen molar-refractivity contribution in [2.24, 2.45) is 4.41 Å². The van der Waals surface area contributed by atoms with Crippen LogP contribution in [0.15, 0.2) is 4.41 Å². The van der Waals surface area contributed by atoms with Crippen molar-refractivity contribution < 1.29 is 0 Å². The van der Waals surface area contributed by atoms with Gasteiger partial charge in [0.1, 0.15) is 16.5 Å². The molecule has 1 unspecified atom stereocenters. The first kappa shape index (κ1) is 18.3. The molecule has 0 heterocycles. The van der Waals surface area contributed by atoms with Crippen LogP contribution in [0.5, 0.6) is 0 Å². The molecule has 0 bridgehead atoms. The summed E-state index contributed by atoms with van der Waals surface area (Å²) in [5.41, 5.74) is 0. The average molecular weight is 374 g/mol. The second kappa shape index (κ2) is 5.37. The fraction of sp³-hybridized carbons (Fsp3) is 1.00. The molecule has 0 N–H and O–H groups in total. The Kier molecular flexibility index (Phi) is 5.78. The van der Waals surface area contributed by atoms with Gasteiger partial charge in [-0.3, -0.25) is 0 Å². The van der Waals surface area contributed by atoms with Gasteiger partial charge >= 0.3 is 0 Å². The summed E-state index contributed by atoms with van der Waals surface area (Å²) in [7, 11) is -4.05. The number of hydrogen-bond donors (Lipinski definition) is 0. The molecule has 0 aromatic rings. The van der Waals surface area contributed by atoms with Crippen LogP contribution >= 0.6 is 21.4 Å². The maximum absolute atomic E-state index is 5.24. The lowest BCUT2D eigenvalue weighted by atomic mass is 11.8. The second-order valence-electron chi connectivity index (χ2n) is 7.73. The molecule has 0 aromatic heterocycles. The number of rotatable bonds is 4. The molecule has 0 rings (SSSR count). The maximum atomic E-state index is 5.24. The summed E-state index contributed by atoms with van der Waals surface area (Å²) in [5, 5.41) is 0. The SMILES string of the molecule is C[Si](C)(C)N=P(C)(Br)N([Si](C)(C)C)[Si](C)(C)C. The third kappa shape index (κ3) is 6.34. The first-order valence-electron chi connectivity index (χ1n) is 6.19. The van der Waals surface area contributed by atoms with Crippen LogP contribution in [0.25, 0.3) is 0 Å². The molecule has 104 valence electrons. The molecule has 0 aliphatic heterocycles. The minimum Gasteiger partial charge on any atom is -0.316 e. The van der Waals surface area contributed by atoms with Crippen molar-refractivity contribution in [3.8, 4) is 0 Å². The van der Waals surface area contributed by atoms with Crippen LogP contribution in [0.4, 0.5) is 0 Å². The normalized spacial score (nSPS) is 18.1. The Balaban J connectivity index is 5.74. The van der Waals surface area contributed by atoms with Crippen molar-refractivity contribution in [2.75, 3.05) is 6.66 Å². The number of hydrogen-bond acceptors (Lipinski definition) is 1. The first-order chi connectivity index (χ1) is 7.07. The van der Waals surface area contributed by atoms with Gasteiger partial charge in [-0.15, -0.1) is 0 Å². The zero-order valence-electron chi connectivity index (χ0n) is 13.2. The van der Waals surface area contributed by atoms with E-state index in [2.05, 4.69) is 85.1 Å². The van der Waals surface area contributed by atoms with Gasteiger partial charge in [-0.2, -0.15) is 0 Å². The summed E-state index contributed by atoms with van der Waals surface area (Å²) < 4.78 is 8.08. The van der Waals surface area contributed by atoms with E-state index in [1.54, 1.807) is 0 Å². The molecule has 7 heteroatoms. The lowest BCUT2D eigenvalue weighted by Gasteiger charge is -2.48. The summed E-state index contributed by atoms with van der Waals surface area (Å²) in [6.45, 7) is 24.0. The van der Waals surface area contributed by atoms with Gasteiger partial charge in [0.15, 0.2) is 8.24 Å². The van der Waals surface area contributed by atoms with Crippen LogP contribution in [-0.4, -0.2) is 35.4 Å². The van der Waals surface area contributed by atoms with E-state index in [4.69, 9.17) is 4.41 Å². The minimum absolute atomic E-state index is 1.33. The van der Waals surface area contributed by atoms with E-state index < -0.39 is 30.6 Å². The van der Waals surface area contributed by atoms with Crippen molar-refractivity contribution in [1.82, 2.24) is 4.00 Å². The molecular formula is C10H30BrN2PSi3. The molecule has 0 aromatic carbocycles. The Bertz CT molecular complexity index is 306. The monoisotopic (exact) mass is 372 g/mol. The Morgan fingerprint density at radius 3 is 1.29 bits per heavy atom. The van der Waals surface area contributed by atoms with Crippen molar-refractivity contribution in [3.63, 3.8) is 0 Å². The van der Waals surface area contributed by atoms with Crippen molar-refractivity contribution in [3.05, 3.63) is 0 Å². The zero-order valence-corrected chi connectivity index (χ0v) is 18.7. The molecule has 2 nitrogen and oxygen atoms in total. The summed E-state index contributed by atoms with van der Waals surface area (Å²) >= 11 is 4.03. The van der Waals surface area contributed by atoms with Gasteiger partial charge in [0.05, 0.1) is 5.91 Å². The lowest BCUT2D eigenvalue weighted by molar-refractivity contribution is 0.975. The molecule has 0 fully saturated rings. The van der Waals surface area contributed by atoms with Gasteiger partial charge < -0.3 is 8.41 Å². The summed E-state index contributed by atoms with van der Waals surface area (Å²) in [6, 6.07) is 0. The Morgan fingerprint density at radius 2 is 1.12 bits per heavy atom. The Morgan fingerprint density at radius 1 is 0.824 bits per heavy atom. The van der Waals surface area contributed by atoms with E-state index in [1.165, 1.54) is 0 Å². The molecule has 0 saturated heterocycles. The highest BCUT2D eigenvalue weighted by Crippen LogP contribution is 2.62. The fourth-order valence-electron chi connectivity index (χ4n) is 2.69. The second-order valence-corrected chi connectivity index (χ2v) is 29.7. The molecule has 0 aliphatic carbocycles. The van der Waals surface area contributed by atoms with Crippen molar-refractivity contribution in [1.29, 1.82) is 0 Å². The van der Waals surface area contributed by atoms with E-state index in [-0.39, 0.29) is 0 Å². The molecule has 17 heavy (non-hydrogen) atoms. The third-order valence-electron chi connectivity index (χ3n) is 2.12. The largest absolute Gasteiger partial charge is 0.316 e. The maximum Gasteiger partial charge on any atom is 0.173 e. The molecule has 0 radical (unpaired) electrons. The van der Waals surface area contributed by atoms with Crippen LogP contribution in [0, 0.1) is 0 Å². The highest BCUT2D eigenvalue weighted by atomic mass is 79.9. The topological polar surface area (TPSA) is 15.6 Å². The van der Waals surface area contributed by atoms with Crippen LogP contribution < -0.4 is 0 Å². The quantitative estimate of drug-likeness (QED) is 0.446. The van der Waals surface area contributed by atoms with Gasteiger partial charge in [-0.1, -0.05) is 58.9 Å². The van der Waals surface area contributed by atoms with Crippen LogP contribution in [0.2, 0.25) is 58.9 Å². The zero-order chi connectivity index (χ0) is 14.3. The van der Waals surface area contributed by atoms with E-state index >= 15 is 0 Å². The van der Waals surface area contributed by atoms with Gasteiger partial charge in [0.2, 0.25) is 0 Å². The molecule has 0 spiro atoms. The molecular weight excluding hydrogens is 343 g/mol. The summed E-state index contributed by atoms with van der Waals surface area (Å²) in [4.78, 5) is 0. The van der Waals surface area contributed by atoms with E-state index in [0.717, 1.165) is 0 Å². The van der Waals surface area contributed by atoms with E-state index in [9.17, 15) is 0 Å². The summed E-state index contributed by atoms with van der Waals surface area (Å²) in [5.74, 6) is -1.46.